The Morgan fingerprint density at radius 3 is 2.62 bits per heavy atom. The first-order chi connectivity index (χ1) is 17.8. The number of carbonyl (C=O) groups is 1. The SMILES string of the molecule is O=C(Nc1nc2ccc(-c3cnc(CO[C@H]4CCC[C@@H]4O)nc3)cc2s1)C1CC(NC2CC(F)(F)C2)C1. The van der Waals surface area contributed by atoms with E-state index in [0.29, 0.717) is 23.8 Å². The summed E-state index contributed by atoms with van der Waals surface area (Å²) >= 11 is 1.41. The van der Waals surface area contributed by atoms with E-state index in [-0.39, 0.29) is 49.5 Å². The van der Waals surface area contributed by atoms with Gasteiger partial charge in [-0.2, -0.15) is 0 Å². The van der Waals surface area contributed by atoms with Gasteiger partial charge in [-0.05, 0) is 49.8 Å². The van der Waals surface area contributed by atoms with Crippen LogP contribution in [0.1, 0.15) is 50.8 Å². The summed E-state index contributed by atoms with van der Waals surface area (Å²) in [7, 11) is 0. The molecule has 3 aromatic rings. The predicted molar refractivity (Wildman–Crippen MR) is 135 cm³/mol. The van der Waals surface area contributed by atoms with Crippen LogP contribution >= 0.6 is 11.3 Å². The average molecular weight is 530 g/mol. The molecular weight excluding hydrogens is 500 g/mol. The number of aliphatic hydroxyl groups is 1. The van der Waals surface area contributed by atoms with Gasteiger partial charge in [0.25, 0.3) is 5.92 Å². The number of benzene rings is 1. The number of aliphatic hydroxyl groups excluding tert-OH is 1. The zero-order chi connectivity index (χ0) is 25.6. The lowest BCUT2D eigenvalue weighted by Crippen LogP contribution is -2.56. The third kappa shape index (κ3) is 5.50. The molecule has 0 aliphatic heterocycles. The van der Waals surface area contributed by atoms with Crippen molar-refractivity contribution in [3.05, 3.63) is 36.4 Å². The van der Waals surface area contributed by atoms with Gasteiger partial charge in [0, 0.05) is 48.8 Å². The zero-order valence-corrected chi connectivity index (χ0v) is 21.0. The number of ether oxygens (including phenoxy) is 1. The second-order valence-corrected chi connectivity index (χ2v) is 11.5. The minimum absolute atomic E-state index is 0.0763. The van der Waals surface area contributed by atoms with Gasteiger partial charge in [-0.15, -0.1) is 0 Å². The van der Waals surface area contributed by atoms with Crippen LogP contribution in [0.25, 0.3) is 21.3 Å². The molecule has 0 radical (unpaired) electrons. The molecule has 0 saturated heterocycles. The van der Waals surface area contributed by atoms with Crippen molar-refractivity contribution in [3.63, 3.8) is 0 Å². The Morgan fingerprint density at radius 1 is 1.14 bits per heavy atom. The molecule has 3 aliphatic carbocycles. The maximum atomic E-state index is 13.0. The minimum atomic E-state index is -2.53. The van der Waals surface area contributed by atoms with Crippen LogP contribution in [0.3, 0.4) is 0 Å². The van der Waals surface area contributed by atoms with Gasteiger partial charge in [0.1, 0.15) is 6.61 Å². The highest BCUT2D eigenvalue weighted by Gasteiger charge is 2.47. The normalized spacial score (nSPS) is 27.1. The van der Waals surface area contributed by atoms with Crippen molar-refractivity contribution in [2.45, 2.75) is 81.8 Å². The predicted octanol–water partition coefficient (Wildman–Crippen LogP) is 4.29. The molecule has 3 aliphatic rings. The summed E-state index contributed by atoms with van der Waals surface area (Å²) in [6.07, 6.45) is 6.68. The Balaban J connectivity index is 1.02. The van der Waals surface area contributed by atoms with E-state index in [4.69, 9.17) is 4.74 Å². The van der Waals surface area contributed by atoms with Crippen LogP contribution in [-0.4, -0.2) is 56.2 Å². The fourth-order valence-electron chi connectivity index (χ4n) is 5.31. The number of rotatable bonds is 8. The first-order valence-corrected chi connectivity index (χ1v) is 13.6. The highest BCUT2D eigenvalue weighted by molar-refractivity contribution is 7.22. The second-order valence-electron chi connectivity index (χ2n) is 10.4. The van der Waals surface area contributed by atoms with Gasteiger partial charge in [-0.3, -0.25) is 4.79 Å². The summed E-state index contributed by atoms with van der Waals surface area (Å²) < 4.78 is 32.7. The average Bonchev–Trinajstić information content (AvgIpc) is 3.43. The number of halogens is 2. The number of amides is 1. The van der Waals surface area contributed by atoms with E-state index in [1.54, 1.807) is 12.4 Å². The van der Waals surface area contributed by atoms with Crippen LogP contribution in [0.15, 0.2) is 30.6 Å². The highest BCUT2D eigenvalue weighted by Crippen LogP contribution is 2.40. The number of aromatic nitrogens is 3. The molecule has 0 unspecified atom stereocenters. The maximum absolute atomic E-state index is 13.0. The number of thiazole rings is 1. The van der Waals surface area contributed by atoms with Gasteiger partial charge in [-0.25, -0.2) is 23.7 Å². The number of alkyl halides is 2. The lowest BCUT2D eigenvalue weighted by molar-refractivity contribution is -0.124. The minimum Gasteiger partial charge on any atom is -0.390 e. The van der Waals surface area contributed by atoms with Crippen LogP contribution in [-0.2, 0) is 16.1 Å². The number of anilines is 1. The van der Waals surface area contributed by atoms with E-state index in [0.717, 1.165) is 40.6 Å². The Bertz CT molecular complexity index is 1270. The molecule has 3 N–H and O–H groups in total. The number of carbonyl (C=O) groups excluding carboxylic acids is 1. The van der Waals surface area contributed by atoms with Crippen molar-refractivity contribution in [1.82, 2.24) is 20.3 Å². The van der Waals surface area contributed by atoms with Crippen molar-refractivity contribution in [3.8, 4) is 11.1 Å². The number of hydrogen-bond acceptors (Lipinski definition) is 8. The number of nitrogens with one attached hydrogen (secondary N) is 2. The van der Waals surface area contributed by atoms with E-state index >= 15 is 0 Å². The first-order valence-electron chi connectivity index (χ1n) is 12.8. The summed E-state index contributed by atoms with van der Waals surface area (Å²) in [6.45, 7) is 0.271. The fraction of sp³-hybridized carbons (Fsp3) is 0.538. The standard InChI is InChI=1S/C26H29F2N5O3S/c27-26(28)9-18(10-26)31-17-6-15(7-17)24(35)33-25-32-19-5-4-14(8-22(19)37-25)16-11-29-23(30-12-16)13-36-21-3-1-2-20(21)34/h4-5,8,11-12,15,17-18,20-21,31,34H,1-3,6-7,9-10,13H2,(H,32,33,35)/t15?,17?,20-,21-/m0/s1. The molecule has 11 heteroatoms. The van der Waals surface area contributed by atoms with E-state index in [1.807, 2.05) is 18.2 Å². The lowest BCUT2D eigenvalue weighted by Gasteiger charge is -2.42. The van der Waals surface area contributed by atoms with Gasteiger partial charge in [0.2, 0.25) is 5.91 Å². The molecule has 2 heterocycles. The van der Waals surface area contributed by atoms with Crippen molar-refractivity contribution in [2.75, 3.05) is 5.32 Å². The molecule has 3 fully saturated rings. The zero-order valence-electron chi connectivity index (χ0n) is 20.2. The molecule has 8 nitrogen and oxygen atoms in total. The van der Waals surface area contributed by atoms with Crippen LogP contribution in [0.5, 0.6) is 0 Å². The van der Waals surface area contributed by atoms with Crippen LogP contribution < -0.4 is 10.6 Å². The molecule has 3 saturated carbocycles. The summed E-state index contributed by atoms with van der Waals surface area (Å²) in [5.74, 6) is -2.16. The number of nitrogens with zero attached hydrogens (tertiary/aromatic N) is 3. The smallest absolute Gasteiger partial charge is 0.251 e. The third-order valence-electron chi connectivity index (χ3n) is 7.57. The molecular formula is C26H29F2N5O3S. The molecule has 0 bridgehead atoms. The number of fused-ring (bicyclic) bond motifs is 1. The third-order valence-corrected chi connectivity index (χ3v) is 8.51. The molecule has 1 aromatic carbocycles. The second kappa shape index (κ2) is 9.94. The Kier molecular flexibility index (Phi) is 6.64. The Labute approximate surface area is 216 Å². The molecule has 196 valence electrons. The molecule has 37 heavy (non-hydrogen) atoms. The summed E-state index contributed by atoms with van der Waals surface area (Å²) in [6, 6.07) is 5.85. The maximum Gasteiger partial charge on any atom is 0.251 e. The largest absolute Gasteiger partial charge is 0.390 e. The molecule has 1 amide bonds. The first kappa shape index (κ1) is 24.7. The van der Waals surface area contributed by atoms with Crippen LogP contribution in [0, 0.1) is 5.92 Å². The number of hydrogen-bond donors (Lipinski definition) is 3. The van der Waals surface area contributed by atoms with Gasteiger partial charge >= 0.3 is 0 Å². The van der Waals surface area contributed by atoms with Crippen LogP contribution in [0.4, 0.5) is 13.9 Å². The van der Waals surface area contributed by atoms with Gasteiger partial charge < -0.3 is 20.5 Å². The molecule has 2 atom stereocenters. The van der Waals surface area contributed by atoms with Crippen LogP contribution in [0.2, 0.25) is 0 Å². The van der Waals surface area contributed by atoms with E-state index in [2.05, 4.69) is 25.6 Å². The molecule has 0 spiro atoms. The topological polar surface area (TPSA) is 109 Å². The summed E-state index contributed by atoms with van der Waals surface area (Å²) in [5, 5.41) is 16.6. The summed E-state index contributed by atoms with van der Waals surface area (Å²) in [4.78, 5) is 26.0. The monoisotopic (exact) mass is 529 g/mol. The van der Waals surface area contributed by atoms with E-state index < -0.39 is 12.0 Å². The Morgan fingerprint density at radius 2 is 1.92 bits per heavy atom. The van der Waals surface area contributed by atoms with Crippen molar-refractivity contribution >= 4 is 32.6 Å². The highest BCUT2D eigenvalue weighted by atomic mass is 32.1. The van der Waals surface area contributed by atoms with Crippen molar-refractivity contribution < 1.29 is 23.4 Å². The quantitative estimate of drug-likeness (QED) is 0.399. The lowest BCUT2D eigenvalue weighted by atomic mass is 9.77. The fourth-order valence-corrected chi connectivity index (χ4v) is 6.21. The van der Waals surface area contributed by atoms with Gasteiger partial charge in [0.15, 0.2) is 11.0 Å². The summed E-state index contributed by atoms with van der Waals surface area (Å²) in [5.41, 5.74) is 2.61. The van der Waals surface area contributed by atoms with Gasteiger partial charge in [0.05, 0.1) is 22.4 Å². The van der Waals surface area contributed by atoms with Gasteiger partial charge in [-0.1, -0.05) is 17.4 Å². The Hall–Kier alpha value is -2.60. The van der Waals surface area contributed by atoms with Crippen molar-refractivity contribution in [2.24, 2.45) is 5.92 Å². The molecule has 6 rings (SSSR count). The van der Waals surface area contributed by atoms with E-state index in [1.165, 1.54) is 11.3 Å². The molecule has 2 aromatic heterocycles. The van der Waals surface area contributed by atoms with E-state index in [9.17, 15) is 18.7 Å². The van der Waals surface area contributed by atoms with Crippen molar-refractivity contribution in [1.29, 1.82) is 0 Å².